The number of thiophene rings is 1. The molecule has 0 bridgehead atoms. The molecule has 0 amide bonds. The monoisotopic (exact) mass is 396 g/mol. The predicted octanol–water partition coefficient (Wildman–Crippen LogP) is 6.50. The zero-order valence-electron chi connectivity index (χ0n) is 16.0. The molecule has 4 rings (SSSR count). The van der Waals surface area contributed by atoms with Crippen LogP contribution in [0.2, 0.25) is 0 Å². The molecule has 0 saturated heterocycles. The average Bonchev–Trinajstić information content (AvgIpc) is 3.33. The molecular weight excluding hydrogens is 376 g/mol. The first kappa shape index (κ1) is 18.8. The summed E-state index contributed by atoms with van der Waals surface area (Å²) in [6, 6.07) is 27.9. The van der Waals surface area contributed by atoms with Gasteiger partial charge in [0.05, 0.1) is 11.4 Å². The van der Waals surface area contributed by atoms with Crippen LogP contribution in [-0.4, -0.2) is 19.0 Å². The number of benzene rings is 3. The predicted molar refractivity (Wildman–Crippen MR) is 123 cm³/mol. The van der Waals surface area contributed by atoms with Crippen molar-refractivity contribution in [3.8, 4) is 11.1 Å². The number of nitrogens with zero attached hydrogens (tertiary/aromatic N) is 2. The summed E-state index contributed by atoms with van der Waals surface area (Å²) < 4.78 is 0. The molecule has 0 aliphatic rings. The summed E-state index contributed by atoms with van der Waals surface area (Å²) >= 11 is 1.67. The van der Waals surface area contributed by atoms with E-state index in [1.807, 2.05) is 85.9 Å². The van der Waals surface area contributed by atoms with Gasteiger partial charge in [0.1, 0.15) is 5.71 Å². The summed E-state index contributed by atoms with van der Waals surface area (Å²) in [5.74, 6) is 0. The lowest BCUT2D eigenvalue weighted by atomic mass is 10.1. The van der Waals surface area contributed by atoms with Crippen molar-refractivity contribution >= 4 is 40.4 Å². The zero-order valence-corrected chi connectivity index (χ0v) is 16.8. The Bertz CT molecular complexity index is 1120. The number of hydrogen-bond donors (Lipinski definition) is 0. The Balaban J connectivity index is 1.69. The second-order valence-corrected chi connectivity index (χ2v) is 7.37. The fourth-order valence-electron chi connectivity index (χ4n) is 3.22. The molecule has 1 heterocycles. The number of carbonyl (C=O) groups is 1. The van der Waals surface area contributed by atoms with Crippen LogP contribution in [0.4, 0.5) is 17.1 Å². The van der Waals surface area contributed by atoms with Crippen LogP contribution in [-0.2, 0) is 4.79 Å². The minimum absolute atomic E-state index is 0.409. The lowest BCUT2D eigenvalue weighted by Gasteiger charge is -2.22. The Morgan fingerprint density at radius 2 is 1.59 bits per heavy atom. The average molecular weight is 397 g/mol. The molecule has 0 saturated carbocycles. The molecule has 0 fully saturated rings. The van der Waals surface area contributed by atoms with E-state index in [4.69, 9.17) is 0 Å². The van der Waals surface area contributed by atoms with Crippen LogP contribution in [0.15, 0.2) is 101 Å². The van der Waals surface area contributed by atoms with Crippen LogP contribution in [0, 0.1) is 0 Å². The first-order valence-corrected chi connectivity index (χ1v) is 10.3. The van der Waals surface area contributed by atoms with Crippen molar-refractivity contribution in [3.05, 3.63) is 101 Å². The molecule has 4 aromatic rings. The van der Waals surface area contributed by atoms with Crippen molar-refractivity contribution in [3.63, 3.8) is 0 Å². The van der Waals surface area contributed by atoms with Crippen LogP contribution in [0.1, 0.15) is 5.56 Å². The van der Waals surface area contributed by atoms with E-state index < -0.39 is 0 Å². The summed E-state index contributed by atoms with van der Waals surface area (Å²) in [7, 11) is 1.99. The van der Waals surface area contributed by atoms with Crippen LogP contribution in [0.25, 0.3) is 11.1 Å². The second kappa shape index (κ2) is 8.67. The Morgan fingerprint density at radius 1 is 0.862 bits per heavy atom. The molecule has 0 atom stereocenters. The number of rotatable bonds is 6. The number of aliphatic imine (C=N–C) groups is 1. The summed E-state index contributed by atoms with van der Waals surface area (Å²) in [4.78, 5) is 18.6. The Hall–Kier alpha value is -3.50. The SMILES string of the molecule is CN(c1ccccc1)c1ccccc1C(C=O)=Nc1ccc(-c2ccsc2)cc1. The maximum atomic E-state index is 11.9. The minimum atomic E-state index is 0.409. The fraction of sp³-hybridized carbons (Fsp3) is 0.0400. The lowest BCUT2D eigenvalue weighted by Crippen LogP contribution is -2.15. The van der Waals surface area contributed by atoms with E-state index in [1.165, 1.54) is 5.56 Å². The molecule has 0 aliphatic heterocycles. The van der Waals surface area contributed by atoms with Gasteiger partial charge in [-0.3, -0.25) is 4.79 Å². The van der Waals surface area contributed by atoms with Gasteiger partial charge in [0.2, 0.25) is 0 Å². The third kappa shape index (κ3) is 4.18. The molecular formula is C25H20N2OS. The van der Waals surface area contributed by atoms with Gasteiger partial charge in [0, 0.05) is 18.3 Å². The topological polar surface area (TPSA) is 32.7 Å². The van der Waals surface area contributed by atoms with Gasteiger partial charge in [-0.15, -0.1) is 0 Å². The van der Waals surface area contributed by atoms with Crippen LogP contribution in [0.5, 0.6) is 0 Å². The van der Waals surface area contributed by atoms with Gasteiger partial charge in [0.15, 0.2) is 6.29 Å². The first-order valence-electron chi connectivity index (χ1n) is 9.31. The van der Waals surface area contributed by atoms with Gasteiger partial charge < -0.3 is 4.90 Å². The van der Waals surface area contributed by atoms with Gasteiger partial charge >= 0.3 is 0 Å². The maximum absolute atomic E-state index is 11.9. The van der Waals surface area contributed by atoms with Gasteiger partial charge in [-0.05, 0) is 58.3 Å². The van der Waals surface area contributed by atoms with Crippen LogP contribution in [0.3, 0.4) is 0 Å². The van der Waals surface area contributed by atoms with Gasteiger partial charge in [-0.2, -0.15) is 11.3 Å². The zero-order chi connectivity index (χ0) is 20.1. The molecule has 3 nitrogen and oxygen atoms in total. The maximum Gasteiger partial charge on any atom is 0.169 e. The number of carbonyl (C=O) groups excluding carboxylic acids is 1. The van der Waals surface area contributed by atoms with Crippen molar-refractivity contribution in [2.24, 2.45) is 4.99 Å². The van der Waals surface area contributed by atoms with E-state index in [0.717, 1.165) is 34.5 Å². The van der Waals surface area contributed by atoms with Gasteiger partial charge in [-0.1, -0.05) is 48.5 Å². The standard InChI is InChI=1S/C25H20N2OS/c1-27(22-7-3-2-4-8-22)25-10-6-5-9-23(25)24(17-28)26-21-13-11-19(12-14-21)20-15-16-29-18-20/h2-18H,1H3. The highest BCUT2D eigenvalue weighted by Gasteiger charge is 2.13. The van der Waals surface area contributed by atoms with Crippen molar-refractivity contribution in [1.82, 2.24) is 0 Å². The largest absolute Gasteiger partial charge is 0.344 e. The first-order chi connectivity index (χ1) is 14.3. The molecule has 0 spiro atoms. The number of anilines is 2. The summed E-state index contributed by atoms with van der Waals surface area (Å²) in [5, 5.41) is 4.18. The van der Waals surface area contributed by atoms with E-state index >= 15 is 0 Å². The quantitative estimate of drug-likeness (QED) is 0.275. The number of hydrogen-bond acceptors (Lipinski definition) is 4. The molecule has 1 aromatic heterocycles. The smallest absolute Gasteiger partial charge is 0.169 e. The normalized spacial score (nSPS) is 11.3. The van der Waals surface area contributed by atoms with Crippen molar-refractivity contribution < 1.29 is 4.79 Å². The Kier molecular flexibility index (Phi) is 5.63. The van der Waals surface area contributed by atoms with Crippen LogP contribution < -0.4 is 4.90 Å². The summed E-state index contributed by atoms with van der Waals surface area (Å²) in [6.45, 7) is 0. The second-order valence-electron chi connectivity index (χ2n) is 6.59. The number of para-hydroxylation sites is 2. The summed E-state index contributed by atoms with van der Waals surface area (Å²) in [5.41, 5.74) is 6.27. The Morgan fingerprint density at radius 3 is 2.28 bits per heavy atom. The number of aldehydes is 1. The van der Waals surface area contributed by atoms with Gasteiger partial charge in [-0.25, -0.2) is 4.99 Å². The molecule has 3 aromatic carbocycles. The van der Waals surface area contributed by atoms with Crippen molar-refractivity contribution in [2.45, 2.75) is 0 Å². The summed E-state index contributed by atoms with van der Waals surface area (Å²) in [6.07, 6.45) is 0.824. The highest BCUT2D eigenvalue weighted by molar-refractivity contribution is 7.08. The molecule has 0 aliphatic carbocycles. The molecule has 0 unspecified atom stereocenters. The molecule has 4 heteroatoms. The highest BCUT2D eigenvalue weighted by Crippen LogP contribution is 2.29. The minimum Gasteiger partial charge on any atom is -0.344 e. The highest BCUT2D eigenvalue weighted by atomic mass is 32.1. The van der Waals surface area contributed by atoms with Crippen LogP contribution >= 0.6 is 11.3 Å². The van der Waals surface area contributed by atoms with Crippen molar-refractivity contribution in [1.29, 1.82) is 0 Å². The van der Waals surface area contributed by atoms with E-state index in [0.29, 0.717) is 5.71 Å². The third-order valence-corrected chi connectivity index (χ3v) is 5.45. The van der Waals surface area contributed by atoms with Gasteiger partial charge in [0.25, 0.3) is 0 Å². The lowest BCUT2D eigenvalue weighted by molar-refractivity contribution is -0.102. The Labute approximate surface area is 174 Å². The molecule has 142 valence electrons. The fourth-order valence-corrected chi connectivity index (χ4v) is 3.88. The van der Waals surface area contributed by atoms with E-state index in [-0.39, 0.29) is 0 Å². The van der Waals surface area contributed by atoms with Crippen molar-refractivity contribution in [2.75, 3.05) is 11.9 Å². The van der Waals surface area contributed by atoms with E-state index in [1.54, 1.807) is 11.3 Å². The van der Waals surface area contributed by atoms with E-state index in [2.05, 4.69) is 26.7 Å². The molecule has 0 N–H and O–H groups in total. The molecule has 0 radical (unpaired) electrons. The molecule has 29 heavy (non-hydrogen) atoms. The van der Waals surface area contributed by atoms with E-state index in [9.17, 15) is 4.79 Å². The third-order valence-electron chi connectivity index (χ3n) is 4.77.